The number of carboxylic acids is 1. The van der Waals surface area contributed by atoms with Gasteiger partial charge in [0.1, 0.15) is 11.9 Å². The monoisotopic (exact) mass is 264 g/mol. The summed E-state index contributed by atoms with van der Waals surface area (Å²) >= 11 is 0. The van der Waals surface area contributed by atoms with Crippen LogP contribution in [0.1, 0.15) is 23.2 Å². The number of carboxylic acid groups (broad SMARTS) is 1. The zero-order valence-electron chi connectivity index (χ0n) is 9.84. The molecule has 0 saturated carbocycles. The number of nitrogens with two attached hydrogens (primary N) is 1. The van der Waals surface area contributed by atoms with Gasteiger partial charge in [-0.1, -0.05) is 0 Å². The number of amides is 2. The fourth-order valence-corrected chi connectivity index (χ4v) is 1.74. The Bertz CT molecular complexity index is 558. The summed E-state index contributed by atoms with van der Waals surface area (Å²) in [5, 5.41) is 13.9. The topological polar surface area (TPSA) is 134 Å². The lowest BCUT2D eigenvalue weighted by Gasteiger charge is -2.22. The highest BCUT2D eigenvalue weighted by atomic mass is 16.4. The van der Waals surface area contributed by atoms with Crippen LogP contribution >= 0.6 is 0 Å². The van der Waals surface area contributed by atoms with E-state index >= 15 is 0 Å². The molecule has 1 fully saturated rings. The lowest BCUT2D eigenvalue weighted by molar-refractivity contribution is -0.133. The fraction of sp³-hybridized carbons (Fsp3) is 0.273. The molecule has 0 bridgehead atoms. The first-order chi connectivity index (χ1) is 8.97. The van der Waals surface area contributed by atoms with E-state index in [1.54, 1.807) is 0 Å². The maximum absolute atomic E-state index is 11.5. The second-order valence-electron chi connectivity index (χ2n) is 4.11. The van der Waals surface area contributed by atoms with Crippen LogP contribution in [-0.2, 0) is 9.59 Å². The van der Waals surface area contributed by atoms with Gasteiger partial charge in [0.2, 0.25) is 11.8 Å². The van der Waals surface area contributed by atoms with Crippen LogP contribution in [0.4, 0.5) is 11.5 Å². The van der Waals surface area contributed by atoms with Gasteiger partial charge in [-0.3, -0.25) is 14.9 Å². The minimum absolute atomic E-state index is 0.0429. The number of pyridine rings is 1. The Balaban J connectivity index is 2.15. The molecule has 2 heterocycles. The van der Waals surface area contributed by atoms with Crippen LogP contribution in [0.5, 0.6) is 0 Å². The van der Waals surface area contributed by atoms with Crippen LogP contribution in [0.25, 0.3) is 0 Å². The van der Waals surface area contributed by atoms with Crippen molar-refractivity contribution in [2.75, 3.05) is 11.1 Å². The van der Waals surface area contributed by atoms with Gasteiger partial charge < -0.3 is 16.2 Å². The molecule has 8 heteroatoms. The molecule has 1 aliphatic rings. The van der Waals surface area contributed by atoms with Gasteiger partial charge in [0.25, 0.3) is 0 Å². The highest BCUT2D eigenvalue weighted by Crippen LogP contribution is 2.17. The number of nitrogens with one attached hydrogen (secondary N) is 2. The first-order valence-corrected chi connectivity index (χ1v) is 5.56. The maximum Gasteiger partial charge on any atom is 0.337 e. The molecule has 19 heavy (non-hydrogen) atoms. The van der Waals surface area contributed by atoms with E-state index in [2.05, 4.69) is 15.6 Å². The Morgan fingerprint density at radius 2 is 2.26 bits per heavy atom. The van der Waals surface area contributed by atoms with E-state index < -0.39 is 17.9 Å². The average molecular weight is 264 g/mol. The number of aromatic carboxylic acids is 1. The third-order valence-corrected chi connectivity index (χ3v) is 2.73. The highest BCUT2D eigenvalue weighted by Gasteiger charge is 2.26. The van der Waals surface area contributed by atoms with Gasteiger partial charge >= 0.3 is 5.97 Å². The molecule has 2 rings (SSSR count). The van der Waals surface area contributed by atoms with Gasteiger partial charge in [-0.2, -0.15) is 0 Å². The average Bonchev–Trinajstić information content (AvgIpc) is 2.34. The molecule has 1 saturated heterocycles. The Morgan fingerprint density at radius 3 is 2.89 bits per heavy atom. The molecular weight excluding hydrogens is 252 g/mol. The van der Waals surface area contributed by atoms with Crippen molar-refractivity contribution in [3.63, 3.8) is 0 Å². The van der Waals surface area contributed by atoms with Crippen molar-refractivity contribution < 1.29 is 19.5 Å². The number of hydrogen-bond donors (Lipinski definition) is 4. The van der Waals surface area contributed by atoms with E-state index in [1.807, 2.05) is 0 Å². The summed E-state index contributed by atoms with van der Waals surface area (Å²) in [6, 6.07) is 0.636. The normalized spacial score (nSPS) is 18.8. The zero-order valence-corrected chi connectivity index (χ0v) is 9.84. The number of anilines is 2. The summed E-state index contributed by atoms with van der Waals surface area (Å²) in [4.78, 5) is 37.3. The second-order valence-corrected chi connectivity index (χ2v) is 4.11. The van der Waals surface area contributed by atoms with E-state index in [0.717, 1.165) is 0 Å². The van der Waals surface area contributed by atoms with Crippen LogP contribution in [-0.4, -0.2) is 33.9 Å². The highest BCUT2D eigenvalue weighted by molar-refractivity contribution is 6.01. The van der Waals surface area contributed by atoms with E-state index in [-0.39, 0.29) is 29.4 Å². The number of rotatable bonds is 3. The molecule has 8 nitrogen and oxygen atoms in total. The molecule has 100 valence electrons. The van der Waals surface area contributed by atoms with E-state index in [4.69, 9.17) is 10.8 Å². The third kappa shape index (κ3) is 2.79. The molecule has 0 aliphatic carbocycles. The van der Waals surface area contributed by atoms with Gasteiger partial charge in [-0.25, -0.2) is 9.78 Å². The minimum Gasteiger partial charge on any atom is -0.478 e. The summed E-state index contributed by atoms with van der Waals surface area (Å²) in [6.07, 6.45) is 1.76. The smallest absolute Gasteiger partial charge is 0.337 e. The van der Waals surface area contributed by atoms with Crippen LogP contribution < -0.4 is 16.4 Å². The van der Waals surface area contributed by atoms with Crippen molar-refractivity contribution in [2.24, 2.45) is 0 Å². The fourth-order valence-electron chi connectivity index (χ4n) is 1.74. The molecule has 1 unspecified atom stereocenters. The summed E-state index contributed by atoms with van der Waals surface area (Å²) in [7, 11) is 0. The number of carbonyl (C=O) groups excluding carboxylic acids is 2. The largest absolute Gasteiger partial charge is 0.478 e. The van der Waals surface area contributed by atoms with Gasteiger partial charge in [0.15, 0.2) is 0 Å². The van der Waals surface area contributed by atoms with Crippen molar-refractivity contribution in [3.8, 4) is 0 Å². The summed E-state index contributed by atoms with van der Waals surface area (Å²) < 4.78 is 0. The summed E-state index contributed by atoms with van der Waals surface area (Å²) in [6.45, 7) is 0. The Morgan fingerprint density at radius 1 is 1.53 bits per heavy atom. The van der Waals surface area contributed by atoms with Crippen molar-refractivity contribution in [1.29, 1.82) is 0 Å². The molecule has 1 aromatic rings. The van der Waals surface area contributed by atoms with Crippen LogP contribution in [0.2, 0.25) is 0 Å². The number of imide groups is 1. The van der Waals surface area contributed by atoms with Crippen LogP contribution in [0, 0.1) is 0 Å². The molecular formula is C11H12N4O4. The number of aromatic nitrogens is 1. The molecule has 1 aliphatic heterocycles. The maximum atomic E-state index is 11.5. The van der Waals surface area contributed by atoms with E-state index in [9.17, 15) is 14.4 Å². The number of nitrogens with zero attached hydrogens (tertiary/aromatic N) is 1. The quantitative estimate of drug-likeness (QED) is 0.544. The molecule has 0 aromatic carbocycles. The second kappa shape index (κ2) is 4.92. The molecule has 5 N–H and O–H groups in total. The van der Waals surface area contributed by atoms with Gasteiger partial charge in [-0.15, -0.1) is 0 Å². The lowest BCUT2D eigenvalue weighted by atomic mass is 10.1. The Hall–Kier alpha value is -2.64. The van der Waals surface area contributed by atoms with Crippen LogP contribution in [0.3, 0.4) is 0 Å². The first-order valence-electron chi connectivity index (χ1n) is 5.56. The predicted octanol–water partition coefficient (Wildman–Crippen LogP) is -0.421. The molecule has 0 spiro atoms. The number of hydrogen-bond acceptors (Lipinski definition) is 6. The molecule has 1 aromatic heterocycles. The van der Waals surface area contributed by atoms with Crippen LogP contribution in [0.15, 0.2) is 12.3 Å². The van der Waals surface area contributed by atoms with E-state index in [0.29, 0.717) is 6.42 Å². The predicted molar refractivity (Wildman–Crippen MR) is 65.4 cm³/mol. The zero-order chi connectivity index (χ0) is 14.0. The Labute approximate surface area is 108 Å². The summed E-state index contributed by atoms with van der Waals surface area (Å²) in [5.41, 5.74) is 5.42. The van der Waals surface area contributed by atoms with Crippen molar-refractivity contribution in [3.05, 3.63) is 17.8 Å². The molecule has 2 amide bonds. The molecule has 1 atom stereocenters. The Kier molecular flexibility index (Phi) is 3.32. The lowest BCUT2D eigenvalue weighted by Crippen LogP contribution is -2.47. The van der Waals surface area contributed by atoms with E-state index in [1.165, 1.54) is 12.3 Å². The van der Waals surface area contributed by atoms with Gasteiger partial charge in [0, 0.05) is 6.42 Å². The van der Waals surface area contributed by atoms with Crippen molar-refractivity contribution in [2.45, 2.75) is 18.9 Å². The number of carbonyl (C=O) groups is 3. The number of nitrogen functional groups attached to an aromatic ring is 1. The van der Waals surface area contributed by atoms with Gasteiger partial charge in [0.05, 0.1) is 17.4 Å². The van der Waals surface area contributed by atoms with Crippen molar-refractivity contribution in [1.82, 2.24) is 10.3 Å². The van der Waals surface area contributed by atoms with Crippen molar-refractivity contribution >= 4 is 29.3 Å². The molecule has 0 radical (unpaired) electrons. The third-order valence-electron chi connectivity index (χ3n) is 2.73. The number of piperidine rings is 1. The minimum atomic E-state index is -1.17. The standard InChI is InChI=1S/C11H12N4O4/c12-6-4-13-8(3-5(6)11(18)19)14-7-1-2-9(16)15-10(7)17/h3-4,7H,1-2,12H2,(H,13,14)(H,18,19)(H,15,16,17). The summed E-state index contributed by atoms with van der Waals surface area (Å²) in [5.74, 6) is -1.72. The first kappa shape index (κ1) is 12.8. The SMILES string of the molecule is Nc1cnc(NC2CCC(=O)NC2=O)cc1C(=O)O. The van der Waals surface area contributed by atoms with Gasteiger partial charge in [-0.05, 0) is 12.5 Å².